The minimum Gasteiger partial charge on any atom is -0.477 e. The molecule has 0 aromatic carbocycles. The Kier molecular flexibility index (Phi) is 4.28. The van der Waals surface area contributed by atoms with E-state index in [1.165, 1.54) is 6.20 Å². The first-order valence-electron chi connectivity index (χ1n) is 6.13. The molecule has 98 valence electrons. The lowest BCUT2D eigenvalue weighted by Gasteiger charge is -2.31. The van der Waals surface area contributed by atoms with Gasteiger partial charge in [-0.2, -0.15) is 0 Å². The van der Waals surface area contributed by atoms with E-state index < -0.39 is 5.97 Å². The smallest absolute Gasteiger partial charge is 0.354 e. The lowest BCUT2D eigenvalue weighted by Crippen LogP contribution is -2.39. The molecular weight excluding hydrogens is 232 g/mol. The molecule has 5 heteroatoms. The number of aromatic nitrogens is 1. The standard InChI is InChI=1S/C13H18N2O3/c1-18-11-5-3-7-15(9-11)8-10-4-2-6-14-12(10)13(16)17/h2,4,6,11H,3,5,7-9H2,1H3,(H,16,17). The molecule has 0 aliphatic carbocycles. The number of hydrogen-bond donors (Lipinski definition) is 1. The van der Waals surface area contributed by atoms with E-state index in [0.717, 1.165) is 31.5 Å². The molecule has 2 heterocycles. The normalized spacial score (nSPS) is 20.8. The van der Waals surface area contributed by atoms with E-state index in [0.29, 0.717) is 6.54 Å². The minimum absolute atomic E-state index is 0.150. The van der Waals surface area contributed by atoms with E-state index in [-0.39, 0.29) is 11.8 Å². The summed E-state index contributed by atoms with van der Waals surface area (Å²) >= 11 is 0. The molecule has 1 fully saturated rings. The predicted molar refractivity (Wildman–Crippen MR) is 66.5 cm³/mol. The van der Waals surface area contributed by atoms with E-state index >= 15 is 0 Å². The second kappa shape index (κ2) is 5.93. The molecular formula is C13H18N2O3. The number of likely N-dealkylation sites (tertiary alicyclic amines) is 1. The van der Waals surface area contributed by atoms with Crippen LogP contribution in [-0.4, -0.2) is 47.3 Å². The Morgan fingerprint density at radius 2 is 2.50 bits per heavy atom. The van der Waals surface area contributed by atoms with Gasteiger partial charge in [-0.3, -0.25) is 4.90 Å². The van der Waals surface area contributed by atoms with Gasteiger partial charge in [0.1, 0.15) is 0 Å². The van der Waals surface area contributed by atoms with Gasteiger partial charge in [-0.25, -0.2) is 9.78 Å². The van der Waals surface area contributed by atoms with Gasteiger partial charge in [0.15, 0.2) is 5.69 Å². The molecule has 1 unspecified atom stereocenters. The number of ether oxygens (including phenoxy) is 1. The minimum atomic E-state index is -0.967. The number of carbonyl (C=O) groups is 1. The summed E-state index contributed by atoms with van der Waals surface area (Å²) in [5.74, 6) is -0.967. The quantitative estimate of drug-likeness (QED) is 0.875. The van der Waals surface area contributed by atoms with E-state index in [9.17, 15) is 4.79 Å². The summed E-state index contributed by atoms with van der Waals surface area (Å²) in [7, 11) is 1.72. The summed E-state index contributed by atoms with van der Waals surface area (Å²) in [4.78, 5) is 17.2. The highest BCUT2D eigenvalue weighted by molar-refractivity contribution is 5.86. The first-order chi connectivity index (χ1) is 8.70. The molecule has 1 atom stereocenters. The van der Waals surface area contributed by atoms with Crippen LogP contribution in [0.2, 0.25) is 0 Å². The predicted octanol–water partition coefficient (Wildman–Crippen LogP) is 1.39. The summed E-state index contributed by atoms with van der Waals surface area (Å²) in [6.45, 7) is 2.45. The van der Waals surface area contributed by atoms with Gasteiger partial charge in [-0.1, -0.05) is 6.07 Å². The molecule has 0 bridgehead atoms. The van der Waals surface area contributed by atoms with Crippen LogP contribution >= 0.6 is 0 Å². The number of hydrogen-bond acceptors (Lipinski definition) is 4. The molecule has 1 aliphatic heterocycles. The third-order valence-corrected chi connectivity index (χ3v) is 3.28. The van der Waals surface area contributed by atoms with Crippen LogP contribution in [0.5, 0.6) is 0 Å². The molecule has 0 radical (unpaired) electrons. The summed E-state index contributed by atoms with van der Waals surface area (Å²) in [5.41, 5.74) is 0.916. The van der Waals surface area contributed by atoms with E-state index in [4.69, 9.17) is 9.84 Å². The van der Waals surface area contributed by atoms with E-state index in [2.05, 4.69) is 9.88 Å². The highest BCUT2D eigenvalue weighted by atomic mass is 16.5. The zero-order valence-electron chi connectivity index (χ0n) is 10.5. The fourth-order valence-corrected chi connectivity index (χ4v) is 2.35. The van der Waals surface area contributed by atoms with Crippen molar-refractivity contribution in [2.24, 2.45) is 0 Å². The van der Waals surface area contributed by atoms with Crippen molar-refractivity contribution < 1.29 is 14.6 Å². The SMILES string of the molecule is COC1CCCN(Cc2cccnc2C(=O)O)C1. The van der Waals surface area contributed by atoms with Crippen LogP contribution in [0.3, 0.4) is 0 Å². The van der Waals surface area contributed by atoms with Crippen molar-refractivity contribution in [1.29, 1.82) is 0 Å². The Bertz CT molecular complexity index is 422. The maximum absolute atomic E-state index is 11.1. The Labute approximate surface area is 106 Å². The number of nitrogens with zero attached hydrogens (tertiary/aromatic N) is 2. The van der Waals surface area contributed by atoms with Crippen molar-refractivity contribution >= 4 is 5.97 Å². The van der Waals surface area contributed by atoms with Gasteiger partial charge in [0.2, 0.25) is 0 Å². The van der Waals surface area contributed by atoms with E-state index in [1.54, 1.807) is 13.2 Å². The van der Waals surface area contributed by atoms with Crippen LogP contribution in [0, 0.1) is 0 Å². The Hall–Kier alpha value is -1.46. The second-order valence-electron chi connectivity index (χ2n) is 4.55. The molecule has 2 rings (SSSR count). The molecule has 0 saturated carbocycles. The van der Waals surface area contributed by atoms with Crippen molar-refractivity contribution in [3.63, 3.8) is 0 Å². The van der Waals surface area contributed by atoms with Crippen LogP contribution in [0.4, 0.5) is 0 Å². The van der Waals surface area contributed by atoms with Gasteiger partial charge in [0.25, 0.3) is 0 Å². The van der Waals surface area contributed by atoms with Crippen LogP contribution in [-0.2, 0) is 11.3 Å². The molecule has 18 heavy (non-hydrogen) atoms. The van der Waals surface area contributed by atoms with Crippen molar-refractivity contribution in [2.75, 3.05) is 20.2 Å². The molecule has 5 nitrogen and oxygen atoms in total. The maximum atomic E-state index is 11.1. The number of carboxylic acids is 1. The molecule has 1 aromatic rings. The summed E-state index contributed by atoms with van der Waals surface area (Å²) in [5, 5.41) is 9.09. The number of rotatable bonds is 4. The number of piperidine rings is 1. The molecule has 1 N–H and O–H groups in total. The fraction of sp³-hybridized carbons (Fsp3) is 0.538. The number of pyridine rings is 1. The van der Waals surface area contributed by atoms with Gasteiger partial charge in [0, 0.05) is 26.4 Å². The van der Waals surface area contributed by atoms with E-state index in [1.807, 2.05) is 6.07 Å². The van der Waals surface area contributed by atoms with Gasteiger partial charge in [-0.15, -0.1) is 0 Å². The summed E-state index contributed by atoms with van der Waals surface area (Å²) in [6, 6.07) is 3.60. The fourth-order valence-electron chi connectivity index (χ4n) is 2.35. The second-order valence-corrected chi connectivity index (χ2v) is 4.55. The Morgan fingerprint density at radius 1 is 1.67 bits per heavy atom. The van der Waals surface area contributed by atoms with Crippen LogP contribution in [0.15, 0.2) is 18.3 Å². The Morgan fingerprint density at radius 3 is 3.22 bits per heavy atom. The first-order valence-corrected chi connectivity index (χ1v) is 6.13. The van der Waals surface area contributed by atoms with Crippen molar-refractivity contribution in [1.82, 2.24) is 9.88 Å². The van der Waals surface area contributed by atoms with Crippen molar-refractivity contribution in [3.05, 3.63) is 29.6 Å². The molecule has 0 spiro atoms. The lowest BCUT2D eigenvalue weighted by molar-refractivity contribution is 0.0283. The van der Waals surface area contributed by atoms with Crippen LogP contribution < -0.4 is 0 Å². The number of carboxylic acid groups (broad SMARTS) is 1. The van der Waals surface area contributed by atoms with Crippen molar-refractivity contribution in [2.45, 2.75) is 25.5 Å². The zero-order chi connectivity index (χ0) is 13.0. The molecule has 1 saturated heterocycles. The van der Waals surface area contributed by atoms with Crippen molar-refractivity contribution in [3.8, 4) is 0 Å². The topological polar surface area (TPSA) is 62.7 Å². The molecule has 0 amide bonds. The number of methoxy groups -OCH3 is 1. The van der Waals surface area contributed by atoms with Gasteiger partial charge in [-0.05, 0) is 31.0 Å². The maximum Gasteiger partial charge on any atom is 0.354 e. The first kappa shape index (κ1) is 13.0. The third-order valence-electron chi connectivity index (χ3n) is 3.28. The third kappa shape index (κ3) is 3.05. The average Bonchev–Trinajstić information content (AvgIpc) is 2.39. The highest BCUT2D eigenvalue weighted by Crippen LogP contribution is 2.16. The Balaban J connectivity index is 2.07. The number of aromatic carboxylic acids is 1. The average molecular weight is 250 g/mol. The van der Waals surface area contributed by atoms with Crippen LogP contribution in [0.25, 0.3) is 0 Å². The molecule has 1 aromatic heterocycles. The lowest BCUT2D eigenvalue weighted by atomic mass is 10.1. The van der Waals surface area contributed by atoms with Gasteiger partial charge in [0.05, 0.1) is 6.10 Å². The monoisotopic (exact) mass is 250 g/mol. The highest BCUT2D eigenvalue weighted by Gasteiger charge is 2.21. The zero-order valence-corrected chi connectivity index (χ0v) is 10.5. The van der Waals surface area contributed by atoms with Gasteiger partial charge < -0.3 is 9.84 Å². The van der Waals surface area contributed by atoms with Gasteiger partial charge >= 0.3 is 5.97 Å². The molecule has 1 aliphatic rings. The summed E-state index contributed by atoms with van der Waals surface area (Å²) in [6.07, 6.45) is 3.93. The van der Waals surface area contributed by atoms with Crippen LogP contribution in [0.1, 0.15) is 28.9 Å². The largest absolute Gasteiger partial charge is 0.477 e. The summed E-state index contributed by atoms with van der Waals surface area (Å²) < 4.78 is 5.36.